The molecule has 3 aromatic heterocycles. The largest absolute Gasteiger partial charge is 0.476 e. The molecule has 1 fully saturated rings. The van der Waals surface area contributed by atoms with Crippen molar-refractivity contribution in [2.45, 2.75) is 26.8 Å². The second-order valence-electron chi connectivity index (χ2n) is 9.16. The summed E-state index contributed by atoms with van der Waals surface area (Å²) in [6, 6.07) is 8.93. The number of benzene rings is 1. The lowest BCUT2D eigenvalue weighted by Crippen LogP contribution is -2.47. The molecule has 0 aliphatic carbocycles. The summed E-state index contributed by atoms with van der Waals surface area (Å²) >= 11 is 7.59. The molecule has 5 rings (SSSR count). The smallest absolute Gasteiger partial charge is 0.356 e. The van der Waals surface area contributed by atoms with Gasteiger partial charge in [0.05, 0.1) is 22.8 Å². The number of carboxylic acids is 1. The van der Waals surface area contributed by atoms with Crippen LogP contribution >= 0.6 is 22.9 Å². The van der Waals surface area contributed by atoms with E-state index >= 15 is 0 Å². The molecule has 0 saturated carbocycles. The third-order valence-electron chi connectivity index (χ3n) is 6.39. The molecular formula is C26H25ClN8O2S. The zero-order chi connectivity index (χ0) is 27.0. The van der Waals surface area contributed by atoms with Crippen molar-refractivity contribution in [3.8, 4) is 6.07 Å². The zero-order valence-corrected chi connectivity index (χ0v) is 22.6. The van der Waals surface area contributed by atoms with Gasteiger partial charge in [-0.1, -0.05) is 17.7 Å². The van der Waals surface area contributed by atoms with Crippen molar-refractivity contribution in [3.05, 3.63) is 63.0 Å². The van der Waals surface area contributed by atoms with Crippen molar-refractivity contribution in [1.82, 2.24) is 19.9 Å². The molecule has 2 N–H and O–H groups in total. The Morgan fingerprint density at radius 1 is 1.16 bits per heavy atom. The van der Waals surface area contributed by atoms with Crippen LogP contribution in [0.2, 0.25) is 5.15 Å². The van der Waals surface area contributed by atoms with E-state index in [0.29, 0.717) is 35.6 Å². The van der Waals surface area contributed by atoms with E-state index in [1.54, 1.807) is 23.5 Å². The highest BCUT2D eigenvalue weighted by Crippen LogP contribution is 2.31. The number of nitrogens with zero attached hydrogens (tertiary/aromatic N) is 7. The van der Waals surface area contributed by atoms with Gasteiger partial charge in [-0.15, -0.1) is 11.3 Å². The van der Waals surface area contributed by atoms with E-state index in [1.165, 1.54) is 4.88 Å². The Morgan fingerprint density at radius 2 is 1.89 bits per heavy atom. The van der Waals surface area contributed by atoms with Crippen LogP contribution in [0, 0.1) is 25.2 Å². The molecule has 1 aliphatic rings. The van der Waals surface area contributed by atoms with E-state index in [-0.39, 0.29) is 22.6 Å². The predicted octanol–water partition coefficient (Wildman–Crippen LogP) is 4.82. The Hall–Kier alpha value is -4.01. The minimum atomic E-state index is -1.18. The van der Waals surface area contributed by atoms with Gasteiger partial charge in [0.15, 0.2) is 22.3 Å². The topological polar surface area (TPSA) is 131 Å². The summed E-state index contributed by atoms with van der Waals surface area (Å²) in [6.07, 6.45) is 1.88. The number of nitriles is 1. The number of piperazine rings is 1. The molecule has 4 aromatic rings. The maximum atomic E-state index is 11.7. The molecule has 194 valence electrons. The number of carboxylic acid groups (broad SMARTS) is 1. The van der Waals surface area contributed by atoms with E-state index in [2.05, 4.69) is 36.1 Å². The molecule has 10 nitrogen and oxygen atoms in total. The standard InChI is InChI=1S/C26H25ClN8O2S/c1-14-10-17(16(3)30-18-4-5-21(27)32-23(18)25(36)37)22-19(11-14)31-20(12-28)24(33-22)34-6-8-35(9-7-34)26-29-13-15(2)38-26/h4-5,10-11,13,16,30H,6-9H2,1-3H3,(H,36,37)/t16-/m1/s1. The highest BCUT2D eigenvalue weighted by molar-refractivity contribution is 7.15. The maximum Gasteiger partial charge on any atom is 0.356 e. The predicted molar refractivity (Wildman–Crippen MR) is 149 cm³/mol. The first kappa shape index (κ1) is 25.6. The van der Waals surface area contributed by atoms with Crippen LogP contribution in [0.3, 0.4) is 0 Å². The van der Waals surface area contributed by atoms with Crippen LogP contribution < -0.4 is 15.1 Å². The van der Waals surface area contributed by atoms with Gasteiger partial charge < -0.3 is 20.2 Å². The maximum absolute atomic E-state index is 11.7. The second kappa shape index (κ2) is 10.4. The van der Waals surface area contributed by atoms with Gasteiger partial charge in [-0.05, 0) is 44.5 Å². The van der Waals surface area contributed by atoms with Gasteiger partial charge >= 0.3 is 5.97 Å². The number of hydrogen-bond acceptors (Lipinski definition) is 10. The molecule has 0 unspecified atom stereocenters. The number of fused-ring (bicyclic) bond motifs is 1. The summed E-state index contributed by atoms with van der Waals surface area (Å²) in [4.78, 5) is 35.3. The first-order chi connectivity index (χ1) is 18.2. The highest BCUT2D eigenvalue weighted by Gasteiger charge is 2.25. The minimum Gasteiger partial charge on any atom is -0.476 e. The van der Waals surface area contributed by atoms with Crippen molar-refractivity contribution < 1.29 is 9.90 Å². The monoisotopic (exact) mass is 548 g/mol. The van der Waals surface area contributed by atoms with Crippen molar-refractivity contribution in [2.24, 2.45) is 0 Å². The van der Waals surface area contributed by atoms with E-state index in [1.807, 2.05) is 39.1 Å². The van der Waals surface area contributed by atoms with Gasteiger partial charge in [0, 0.05) is 42.8 Å². The summed E-state index contributed by atoms with van der Waals surface area (Å²) < 4.78 is 0. The molecule has 1 aromatic carbocycles. The number of carbonyl (C=O) groups is 1. The number of nitrogens with one attached hydrogen (secondary N) is 1. The van der Waals surface area contributed by atoms with Crippen molar-refractivity contribution in [2.75, 3.05) is 41.3 Å². The molecule has 0 spiro atoms. The molecule has 0 radical (unpaired) electrons. The fraction of sp³-hybridized carbons (Fsp3) is 0.308. The molecule has 38 heavy (non-hydrogen) atoms. The Labute approximate surface area is 228 Å². The number of hydrogen-bond donors (Lipinski definition) is 2. The Balaban J connectivity index is 1.48. The molecule has 0 amide bonds. The first-order valence-electron chi connectivity index (χ1n) is 12.0. The second-order valence-corrected chi connectivity index (χ2v) is 10.8. The number of pyridine rings is 1. The van der Waals surface area contributed by atoms with Crippen molar-refractivity contribution >= 4 is 56.6 Å². The fourth-order valence-corrected chi connectivity index (χ4v) is 5.53. The first-order valence-corrected chi connectivity index (χ1v) is 13.2. The Kier molecular flexibility index (Phi) is 7.01. The summed E-state index contributed by atoms with van der Waals surface area (Å²) in [5, 5.41) is 23.9. The average Bonchev–Trinajstić information content (AvgIpc) is 3.34. The summed E-state index contributed by atoms with van der Waals surface area (Å²) in [5.41, 5.74) is 3.52. The third-order valence-corrected chi connectivity index (χ3v) is 7.58. The average molecular weight is 549 g/mol. The normalized spacial score (nSPS) is 14.4. The van der Waals surface area contributed by atoms with Gasteiger partial charge in [0.25, 0.3) is 0 Å². The number of halogens is 1. The molecule has 1 saturated heterocycles. The van der Waals surface area contributed by atoms with Crippen LogP contribution in [-0.4, -0.2) is 57.2 Å². The molecule has 12 heteroatoms. The Bertz CT molecular complexity index is 1580. The lowest BCUT2D eigenvalue weighted by molar-refractivity contribution is 0.0691. The van der Waals surface area contributed by atoms with Gasteiger partial charge in [-0.3, -0.25) is 0 Å². The number of thiazole rings is 1. The van der Waals surface area contributed by atoms with Crippen molar-refractivity contribution in [1.29, 1.82) is 5.26 Å². The molecule has 1 aliphatic heterocycles. The number of aryl methyl sites for hydroxylation is 2. The number of anilines is 3. The van der Waals surface area contributed by atoms with Gasteiger partial charge in [0.2, 0.25) is 0 Å². The minimum absolute atomic E-state index is 0.103. The lowest BCUT2D eigenvalue weighted by Gasteiger charge is -2.35. The van der Waals surface area contributed by atoms with Gasteiger partial charge in [0.1, 0.15) is 11.2 Å². The summed E-state index contributed by atoms with van der Waals surface area (Å²) in [6.45, 7) is 8.80. The van der Waals surface area contributed by atoms with Crippen LogP contribution in [0.5, 0.6) is 0 Å². The molecule has 0 bridgehead atoms. The fourth-order valence-electron chi connectivity index (χ4n) is 4.57. The van der Waals surface area contributed by atoms with Gasteiger partial charge in [-0.25, -0.2) is 24.7 Å². The summed E-state index contributed by atoms with van der Waals surface area (Å²) in [7, 11) is 0. The molecular weight excluding hydrogens is 524 g/mol. The van der Waals surface area contributed by atoms with Crippen LogP contribution in [0.1, 0.15) is 45.2 Å². The number of aromatic carboxylic acids is 1. The number of rotatable bonds is 6. The Morgan fingerprint density at radius 3 is 2.55 bits per heavy atom. The van der Waals surface area contributed by atoms with Crippen LogP contribution in [0.15, 0.2) is 30.5 Å². The van der Waals surface area contributed by atoms with E-state index in [4.69, 9.17) is 16.6 Å². The van der Waals surface area contributed by atoms with Crippen LogP contribution in [-0.2, 0) is 0 Å². The van der Waals surface area contributed by atoms with Crippen molar-refractivity contribution in [3.63, 3.8) is 0 Å². The quantitative estimate of drug-likeness (QED) is 0.323. The third kappa shape index (κ3) is 5.05. The highest BCUT2D eigenvalue weighted by atomic mass is 35.5. The van der Waals surface area contributed by atoms with E-state index in [9.17, 15) is 15.2 Å². The SMILES string of the molecule is Cc1cc([C@@H](C)Nc2ccc(Cl)nc2C(=O)O)c2nc(N3CCN(c4ncc(C)s4)CC3)c(C#N)nc2c1. The lowest BCUT2D eigenvalue weighted by atomic mass is 10.0. The van der Waals surface area contributed by atoms with Gasteiger partial charge in [-0.2, -0.15) is 5.26 Å². The summed E-state index contributed by atoms with van der Waals surface area (Å²) in [5.74, 6) is -0.629. The molecule has 1 atom stereocenters. The van der Waals surface area contributed by atoms with E-state index < -0.39 is 5.97 Å². The van der Waals surface area contributed by atoms with E-state index in [0.717, 1.165) is 29.3 Å². The zero-order valence-electron chi connectivity index (χ0n) is 21.1. The van der Waals surface area contributed by atoms with Crippen LogP contribution in [0.4, 0.5) is 16.6 Å². The molecule has 4 heterocycles. The van der Waals surface area contributed by atoms with Crippen LogP contribution in [0.25, 0.3) is 11.0 Å². The number of aromatic nitrogens is 4.